The Hall–Kier alpha value is -2.37. The molecule has 2 heterocycles. The van der Waals surface area contributed by atoms with Gasteiger partial charge in [0.05, 0.1) is 10.9 Å². The van der Waals surface area contributed by atoms with E-state index in [2.05, 4.69) is 24.1 Å². The van der Waals surface area contributed by atoms with E-state index in [1.54, 1.807) is 22.8 Å². The van der Waals surface area contributed by atoms with Gasteiger partial charge in [-0.1, -0.05) is 26.7 Å². The predicted molar refractivity (Wildman–Crippen MR) is 106 cm³/mol. The van der Waals surface area contributed by atoms with E-state index in [9.17, 15) is 9.59 Å². The van der Waals surface area contributed by atoms with Crippen LogP contribution in [0.2, 0.25) is 0 Å². The molecular weight excluding hydrogens is 342 g/mol. The van der Waals surface area contributed by atoms with Crippen LogP contribution >= 0.6 is 0 Å². The minimum Gasteiger partial charge on any atom is -0.484 e. The zero-order valence-electron chi connectivity index (χ0n) is 16.5. The summed E-state index contributed by atoms with van der Waals surface area (Å²) in [5, 5.41) is 3.51. The van der Waals surface area contributed by atoms with Gasteiger partial charge >= 0.3 is 0 Å². The molecule has 1 aromatic carbocycles. The lowest BCUT2D eigenvalue weighted by molar-refractivity contribution is -0.123. The molecular formula is C21H29N3O3. The van der Waals surface area contributed by atoms with Crippen molar-refractivity contribution in [1.29, 1.82) is 0 Å². The van der Waals surface area contributed by atoms with E-state index in [1.165, 1.54) is 6.42 Å². The first-order chi connectivity index (χ1) is 12.9. The highest BCUT2D eigenvalue weighted by Gasteiger charge is 2.16. The number of nitrogens with one attached hydrogen (secondary N) is 1. The van der Waals surface area contributed by atoms with Crippen molar-refractivity contribution in [2.45, 2.75) is 65.5 Å². The van der Waals surface area contributed by atoms with E-state index < -0.39 is 0 Å². The summed E-state index contributed by atoms with van der Waals surface area (Å²) in [4.78, 5) is 29.2. The average molecular weight is 371 g/mol. The molecule has 6 nitrogen and oxygen atoms in total. The van der Waals surface area contributed by atoms with Crippen LogP contribution in [0.1, 0.15) is 52.3 Å². The van der Waals surface area contributed by atoms with Gasteiger partial charge in [-0.3, -0.25) is 14.2 Å². The summed E-state index contributed by atoms with van der Waals surface area (Å²) in [5.41, 5.74) is 0.657. The van der Waals surface area contributed by atoms with Crippen LogP contribution in [0.4, 0.5) is 0 Å². The SMILES string of the molecule is CC(C)CCC[C@@H](C)NC(=O)COc1ccc2nc3n(c(=O)c2c1)CCC3. The van der Waals surface area contributed by atoms with Gasteiger partial charge in [-0.2, -0.15) is 0 Å². The smallest absolute Gasteiger partial charge is 0.261 e. The third-order valence-electron chi connectivity index (χ3n) is 4.98. The maximum Gasteiger partial charge on any atom is 0.261 e. The van der Waals surface area contributed by atoms with Crippen molar-refractivity contribution in [3.63, 3.8) is 0 Å². The molecule has 1 aromatic heterocycles. The van der Waals surface area contributed by atoms with Gasteiger partial charge in [-0.05, 0) is 43.9 Å². The zero-order chi connectivity index (χ0) is 19.4. The average Bonchev–Trinajstić information content (AvgIpc) is 3.09. The predicted octanol–water partition coefficient (Wildman–Crippen LogP) is 3.05. The van der Waals surface area contributed by atoms with Crippen LogP contribution in [0.15, 0.2) is 23.0 Å². The molecule has 0 fully saturated rings. The van der Waals surface area contributed by atoms with Crippen LogP contribution in [0.3, 0.4) is 0 Å². The number of hydrogen-bond donors (Lipinski definition) is 1. The van der Waals surface area contributed by atoms with Gasteiger partial charge in [0.25, 0.3) is 11.5 Å². The van der Waals surface area contributed by atoms with Gasteiger partial charge in [0.1, 0.15) is 11.6 Å². The minimum atomic E-state index is -0.143. The second-order valence-electron chi connectivity index (χ2n) is 7.85. The molecule has 0 bridgehead atoms. The van der Waals surface area contributed by atoms with Crippen molar-refractivity contribution in [1.82, 2.24) is 14.9 Å². The molecule has 27 heavy (non-hydrogen) atoms. The van der Waals surface area contributed by atoms with Gasteiger partial charge in [0, 0.05) is 19.0 Å². The van der Waals surface area contributed by atoms with Crippen LogP contribution < -0.4 is 15.6 Å². The number of fused-ring (bicyclic) bond motifs is 2. The Morgan fingerprint density at radius 3 is 2.89 bits per heavy atom. The maximum absolute atomic E-state index is 12.6. The highest BCUT2D eigenvalue weighted by molar-refractivity contribution is 5.80. The standard InChI is InChI=1S/C21H29N3O3/c1-14(2)6-4-7-15(3)22-20(25)13-27-16-9-10-18-17(12-16)21(26)24-11-5-8-19(24)23-18/h9-10,12,14-15H,4-8,11,13H2,1-3H3,(H,22,25)/t15-/m1/s1. The lowest BCUT2D eigenvalue weighted by Gasteiger charge is -2.15. The molecule has 1 N–H and O–H groups in total. The van der Waals surface area contributed by atoms with E-state index in [1.807, 2.05) is 6.92 Å². The molecule has 1 amide bonds. The zero-order valence-corrected chi connectivity index (χ0v) is 16.5. The van der Waals surface area contributed by atoms with E-state index >= 15 is 0 Å². The molecule has 0 aliphatic carbocycles. The minimum absolute atomic E-state index is 0.0267. The normalized spacial score (nSPS) is 14.4. The number of nitrogens with zero attached hydrogens (tertiary/aromatic N) is 2. The molecule has 3 rings (SSSR count). The second-order valence-corrected chi connectivity index (χ2v) is 7.85. The van der Waals surface area contributed by atoms with Crippen molar-refractivity contribution in [2.24, 2.45) is 5.92 Å². The van der Waals surface area contributed by atoms with Crippen LogP contribution in [-0.4, -0.2) is 28.1 Å². The lowest BCUT2D eigenvalue weighted by atomic mass is 10.0. The molecule has 2 aromatic rings. The van der Waals surface area contributed by atoms with Crippen LogP contribution in [0.5, 0.6) is 5.75 Å². The molecule has 146 valence electrons. The monoisotopic (exact) mass is 371 g/mol. The lowest BCUT2D eigenvalue weighted by Crippen LogP contribution is -2.36. The summed E-state index contributed by atoms with van der Waals surface area (Å²) in [7, 11) is 0. The topological polar surface area (TPSA) is 73.2 Å². The Morgan fingerprint density at radius 2 is 2.11 bits per heavy atom. The third-order valence-corrected chi connectivity index (χ3v) is 4.98. The molecule has 0 saturated heterocycles. The van der Waals surface area contributed by atoms with Gasteiger partial charge in [-0.15, -0.1) is 0 Å². The summed E-state index contributed by atoms with van der Waals surface area (Å²) < 4.78 is 7.34. The van der Waals surface area contributed by atoms with Gasteiger partial charge in [-0.25, -0.2) is 4.98 Å². The van der Waals surface area contributed by atoms with E-state index in [0.29, 0.717) is 22.6 Å². The van der Waals surface area contributed by atoms with E-state index in [-0.39, 0.29) is 24.1 Å². The van der Waals surface area contributed by atoms with Crippen LogP contribution in [0, 0.1) is 5.92 Å². The Balaban J connectivity index is 1.57. The molecule has 1 aliphatic rings. The first kappa shape index (κ1) is 19.4. The number of benzene rings is 1. The largest absolute Gasteiger partial charge is 0.484 e. The van der Waals surface area contributed by atoms with E-state index in [0.717, 1.165) is 38.1 Å². The third kappa shape index (κ3) is 4.87. The number of carbonyl (C=O) groups is 1. The van der Waals surface area contributed by atoms with Gasteiger partial charge < -0.3 is 10.1 Å². The highest BCUT2D eigenvalue weighted by Crippen LogP contribution is 2.19. The number of aromatic nitrogens is 2. The Kier molecular flexibility index (Phi) is 6.14. The second kappa shape index (κ2) is 8.55. The summed E-state index contributed by atoms with van der Waals surface area (Å²) >= 11 is 0. The molecule has 0 saturated carbocycles. The number of carbonyl (C=O) groups excluding carboxylic acids is 1. The Morgan fingerprint density at radius 1 is 1.30 bits per heavy atom. The molecule has 0 unspecified atom stereocenters. The van der Waals surface area contributed by atoms with Crippen molar-refractivity contribution in [3.8, 4) is 5.75 Å². The number of hydrogen-bond acceptors (Lipinski definition) is 4. The maximum atomic E-state index is 12.6. The van der Waals surface area contributed by atoms with E-state index in [4.69, 9.17) is 4.74 Å². The van der Waals surface area contributed by atoms with Crippen molar-refractivity contribution < 1.29 is 9.53 Å². The first-order valence-electron chi connectivity index (χ1n) is 9.89. The quantitative estimate of drug-likeness (QED) is 0.774. The van der Waals surface area contributed by atoms with Crippen molar-refractivity contribution in [2.75, 3.05) is 6.61 Å². The van der Waals surface area contributed by atoms with Crippen LogP contribution in [-0.2, 0) is 17.8 Å². The van der Waals surface area contributed by atoms with Crippen LogP contribution in [0.25, 0.3) is 10.9 Å². The Bertz CT molecular complexity index is 873. The molecule has 1 atom stereocenters. The fraction of sp³-hybridized carbons (Fsp3) is 0.571. The fourth-order valence-electron chi connectivity index (χ4n) is 3.52. The summed E-state index contributed by atoms with van der Waals surface area (Å²) in [6.45, 7) is 7.09. The number of amides is 1. The highest BCUT2D eigenvalue weighted by atomic mass is 16.5. The first-order valence-corrected chi connectivity index (χ1v) is 9.89. The fourth-order valence-corrected chi connectivity index (χ4v) is 3.52. The molecule has 6 heteroatoms. The van der Waals surface area contributed by atoms with Gasteiger partial charge in [0.15, 0.2) is 6.61 Å². The molecule has 1 aliphatic heterocycles. The molecule has 0 spiro atoms. The van der Waals surface area contributed by atoms with Gasteiger partial charge in [0.2, 0.25) is 0 Å². The number of ether oxygens (including phenoxy) is 1. The van der Waals surface area contributed by atoms with Crippen molar-refractivity contribution in [3.05, 3.63) is 34.4 Å². The number of aryl methyl sites for hydroxylation is 1. The molecule has 0 radical (unpaired) electrons. The van der Waals surface area contributed by atoms with Crippen molar-refractivity contribution >= 4 is 16.8 Å². The summed E-state index contributed by atoms with van der Waals surface area (Å²) in [5.74, 6) is 1.91. The summed E-state index contributed by atoms with van der Waals surface area (Å²) in [6.07, 6.45) is 5.04. The number of rotatable bonds is 8. The Labute approximate surface area is 159 Å². The summed E-state index contributed by atoms with van der Waals surface area (Å²) in [6, 6.07) is 5.38.